The smallest absolute Gasteiger partial charge is 0.226 e. The summed E-state index contributed by atoms with van der Waals surface area (Å²) in [6.07, 6.45) is 2.60. The molecule has 1 fully saturated rings. The first-order chi connectivity index (χ1) is 8.95. The molecule has 0 amide bonds. The summed E-state index contributed by atoms with van der Waals surface area (Å²) >= 11 is 0. The highest BCUT2D eigenvalue weighted by Crippen LogP contribution is 2.32. The number of ether oxygens (including phenoxy) is 1. The minimum atomic E-state index is 0.132. The fourth-order valence-electron chi connectivity index (χ4n) is 2.64. The van der Waals surface area contributed by atoms with E-state index in [0.29, 0.717) is 23.8 Å². The van der Waals surface area contributed by atoms with E-state index in [-0.39, 0.29) is 6.10 Å². The van der Waals surface area contributed by atoms with Crippen molar-refractivity contribution in [2.45, 2.75) is 59.6 Å². The maximum absolute atomic E-state index is 5.66. The minimum Gasteiger partial charge on any atom is -0.475 e. The molecule has 106 valence electrons. The highest BCUT2D eigenvalue weighted by molar-refractivity contribution is 5.32. The molecular formula is C15H25N3O. The van der Waals surface area contributed by atoms with E-state index in [1.54, 1.807) is 0 Å². The zero-order valence-corrected chi connectivity index (χ0v) is 12.6. The van der Waals surface area contributed by atoms with E-state index in [0.717, 1.165) is 11.6 Å². The summed E-state index contributed by atoms with van der Waals surface area (Å²) in [4.78, 5) is 8.91. The van der Waals surface area contributed by atoms with Gasteiger partial charge in [0, 0.05) is 17.8 Å². The Morgan fingerprint density at radius 2 is 2.00 bits per heavy atom. The summed E-state index contributed by atoms with van der Waals surface area (Å²) < 4.78 is 5.66. The largest absolute Gasteiger partial charge is 0.475 e. The first-order valence-corrected chi connectivity index (χ1v) is 7.24. The average molecular weight is 263 g/mol. The van der Waals surface area contributed by atoms with Crippen molar-refractivity contribution in [1.82, 2.24) is 9.97 Å². The molecule has 19 heavy (non-hydrogen) atoms. The fourth-order valence-corrected chi connectivity index (χ4v) is 2.64. The number of aromatic nitrogens is 2. The summed E-state index contributed by atoms with van der Waals surface area (Å²) in [7, 11) is 0. The van der Waals surface area contributed by atoms with Crippen LogP contribution < -0.4 is 10.1 Å². The van der Waals surface area contributed by atoms with E-state index >= 15 is 0 Å². The lowest BCUT2D eigenvalue weighted by Crippen LogP contribution is -2.25. The second-order valence-corrected chi connectivity index (χ2v) is 6.00. The normalized spacial score (nSPS) is 26.7. The molecule has 4 heteroatoms. The van der Waals surface area contributed by atoms with E-state index in [9.17, 15) is 0 Å². The van der Waals surface area contributed by atoms with E-state index in [1.165, 1.54) is 12.8 Å². The predicted molar refractivity (Wildman–Crippen MR) is 77.5 cm³/mol. The van der Waals surface area contributed by atoms with Crippen LogP contribution in [0.4, 0.5) is 5.95 Å². The minimum absolute atomic E-state index is 0.132. The van der Waals surface area contributed by atoms with Crippen molar-refractivity contribution in [1.29, 1.82) is 0 Å². The van der Waals surface area contributed by atoms with Crippen molar-refractivity contribution in [3.8, 4) is 5.88 Å². The second kappa shape index (κ2) is 5.76. The van der Waals surface area contributed by atoms with E-state index < -0.39 is 0 Å². The standard InChI is InChI=1S/C15H25N3O/c1-9(2)19-14-8-11(4)16-15(18-14)17-13-7-6-10(3)12(13)5/h8-10,12-13H,6-7H2,1-5H3,(H,16,17,18). The van der Waals surface area contributed by atoms with Gasteiger partial charge < -0.3 is 10.1 Å². The summed E-state index contributed by atoms with van der Waals surface area (Å²) in [6.45, 7) is 10.6. The molecule has 3 atom stereocenters. The molecule has 0 radical (unpaired) electrons. The van der Waals surface area contributed by atoms with E-state index in [1.807, 2.05) is 26.8 Å². The maximum Gasteiger partial charge on any atom is 0.226 e. The Hall–Kier alpha value is -1.32. The van der Waals surface area contributed by atoms with Gasteiger partial charge in [0.05, 0.1) is 6.10 Å². The Balaban J connectivity index is 2.09. The molecule has 0 spiro atoms. The van der Waals surface area contributed by atoms with Crippen LogP contribution in [0.15, 0.2) is 6.07 Å². The molecule has 1 N–H and O–H groups in total. The molecule has 1 aliphatic carbocycles. The van der Waals surface area contributed by atoms with Crippen LogP contribution in [-0.2, 0) is 0 Å². The molecule has 4 nitrogen and oxygen atoms in total. The van der Waals surface area contributed by atoms with E-state index in [2.05, 4.69) is 29.1 Å². The average Bonchev–Trinajstić information content (AvgIpc) is 2.59. The lowest BCUT2D eigenvalue weighted by Gasteiger charge is -2.20. The van der Waals surface area contributed by atoms with Crippen LogP contribution in [-0.4, -0.2) is 22.1 Å². The number of nitrogens with one attached hydrogen (secondary N) is 1. The Kier molecular flexibility index (Phi) is 4.27. The summed E-state index contributed by atoms with van der Waals surface area (Å²) in [5, 5.41) is 3.47. The van der Waals surface area contributed by atoms with Gasteiger partial charge in [-0.25, -0.2) is 4.98 Å². The van der Waals surface area contributed by atoms with Gasteiger partial charge in [-0.1, -0.05) is 13.8 Å². The summed E-state index contributed by atoms with van der Waals surface area (Å²) in [5.41, 5.74) is 0.937. The molecule has 1 aromatic rings. The third-order valence-electron chi connectivity index (χ3n) is 3.97. The molecule has 3 unspecified atom stereocenters. The fraction of sp³-hybridized carbons (Fsp3) is 0.733. The highest BCUT2D eigenvalue weighted by Gasteiger charge is 2.30. The molecule has 2 rings (SSSR count). The molecule has 1 aromatic heterocycles. The van der Waals surface area contributed by atoms with Gasteiger partial charge in [-0.15, -0.1) is 0 Å². The second-order valence-electron chi connectivity index (χ2n) is 6.00. The van der Waals surface area contributed by atoms with Crippen LogP contribution in [0.25, 0.3) is 0 Å². The summed E-state index contributed by atoms with van der Waals surface area (Å²) in [6, 6.07) is 2.36. The SMILES string of the molecule is Cc1cc(OC(C)C)nc(NC2CCC(C)C2C)n1. The maximum atomic E-state index is 5.66. The molecule has 0 aromatic carbocycles. The topological polar surface area (TPSA) is 47.0 Å². The number of nitrogens with zero attached hydrogens (tertiary/aromatic N) is 2. The number of hydrogen-bond acceptors (Lipinski definition) is 4. The van der Waals surface area contributed by atoms with Crippen molar-refractivity contribution in [2.24, 2.45) is 11.8 Å². The third-order valence-corrected chi connectivity index (χ3v) is 3.97. The van der Waals surface area contributed by atoms with Crippen molar-refractivity contribution in [3.05, 3.63) is 11.8 Å². The molecule has 0 bridgehead atoms. The molecule has 1 heterocycles. The molecular weight excluding hydrogens is 238 g/mol. The number of aryl methyl sites for hydroxylation is 1. The number of hydrogen-bond donors (Lipinski definition) is 1. The lowest BCUT2D eigenvalue weighted by atomic mass is 9.98. The Morgan fingerprint density at radius 3 is 2.58 bits per heavy atom. The lowest BCUT2D eigenvalue weighted by molar-refractivity contribution is 0.232. The number of anilines is 1. The first-order valence-electron chi connectivity index (χ1n) is 7.24. The third kappa shape index (κ3) is 3.58. The number of rotatable bonds is 4. The van der Waals surface area contributed by atoms with Gasteiger partial charge in [-0.2, -0.15) is 4.98 Å². The van der Waals surface area contributed by atoms with Crippen LogP contribution in [0.5, 0.6) is 5.88 Å². The van der Waals surface area contributed by atoms with Crippen LogP contribution in [0.3, 0.4) is 0 Å². The quantitative estimate of drug-likeness (QED) is 0.904. The zero-order valence-electron chi connectivity index (χ0n) is 12.6. The predicted octanol–water partition coefficient (Wildman–Crippen LogP) is 3.42. The monoisotopic (exact) mass is 263 g/mol. The summed E-state index contributed by atoms with van der Waals surface area (Å²) in [5.74, 6) is 2.79. The van der Waals surface area contributed by atoms with Gasteiger partial charge >= 0.3 is 0 Å². The van der Waals surface area contributed by atoms with Crippen molar-refractivity contribution in [2.75, 3.05) is 5.32 Å². The zero-order chi connectivity index (χ0) is 14.0. The van der Waals surface area contributed by atoms with E-state index in [4.69, 9.17) is 4.74 Å². The van der Waals surface area contributed by atoms with Crippen molar-refractivity contribution < 1.29 is 4.74 Å². The van der Waals surface area contributed by atoms with Crippen molar-refractivity contribution >= 4 is 5.95 Å². The highest BCUT2D eigenvalue weighted by atomic mass is 16.5. The first kappa shape index (κ1) is 14.1. The van der Waals surface area contributed by atoms with Gasteiger partial charge in [-0.05, 0) is 45.4 Å². The molecule has 0 saturated heterocycles. The van der Waals surface area contributed by atoms with Gasteiger partial charge in [0.2, 0.25) is 11.8 Å². The Morgan fingerprint density at radius 1 is 1.26 bits per heavy atom. The molecule has 1 aliphatic rings. The van der Waals surface area contributed by atoms with Crippen LogP contribution in [0, 0.1) is 18.8 Å². The van der Waals surface area contributed by atoms with Crippen LogP contribution in [0.1, 0.15) is 46.2 Å². The van der Waals surface area contributed by atoms with Gasteiger partial charge in [0.1, 0.15) is 0 Å². The van der Waals surface area contributed by atoms with Crippen LogP contribution >= 0.6 is 0 Å². The molecule has 1 saturated carbocycles. The van der Waals surface area contributed by atoms with Gasteiger partial charge in [0.15, 0.2) is 0 Å². The van der Waals surface area contributed by atoms with Gasteiger partial charge in [0.25, 0.3) is 0 Å². The van der Waals surface area contributed by atoms with Crippen molar-refractivity contribution in [3.63, 3.8) is 0 Å². The molecule has 0 aliphatic heterocycles. The van der Waals surface area contributed by atoms with Gasteiger partial charge in [-0.3, -0.25) is 0 Å². The van der Waals surface area contributed by atoms with Crippen LogP contribution in [0.2, 0.25) is 0 Å². The Labute approximate surface area is 116 Å². The Bertz CT molecular complexity index is 433.